The van der Waals surface area contributed by atoms with Crippen molar-refractivity contribution in [3.8, 4) is 11.5 Å². The van der Waals surface area contributed by atoms with Gasteiger partial charge in [-0.05, 0) is 43.5 Å². The van der Waals surface area contributed by atoms with Crippen LogP contribution in [0.15, 0.2) is 12.1 Å². The normalized spacial score (nSPS) is 12.2. The molecule has 8 heteroatoms. The van der Waals surface area contributed by atoms with Crippen LogP contribution in [-0.2, 0) is 17.7 Å². The van der Waals surface area contributed by atoms with E-state index in [9.17, 15) is 4.39 Å². The van der Waals surface area contributed by atoms with E-state index in [0.29, 0.717) is 36.4 Å². The second kappa shape index (κ2) is 11.9. The first-order valence-corrected chi connectivity index (χ1v) is 11.9. The van der Waals surface area contributed by atoms with E-state index in [1.54, 1.807) is 6.92 Å². The van der Waals surface area contributed by atoms with Gasteiger partial charge in [-0.1, -0.05) is 40.0 Å². The van der Waals surface area contributed by atoms with Crippen molar-refractivity contribution in [3.05, 3.63) is 40.9 Å². The van der Waals surface area contributed by atoms with E-state index >= 15 is 0 Å². The van der Waals surface area contributed by atoms with Crippen LogP contribution in [0.2, 0.25) is 0 Å². The molecule has 0 saturated carbocycles. The Morgan fingerprint density at radius 3 is 2.52 bits per heavy atom. The number of hydrogen-bond acceptors (Lipinski definition) is 6. The minimum atomic E-state index is -0.738. The highest BCUT2D eigenvalue weighted by Crippen LogP contribution is 2.35. The third-order valence-corrected chi connectivity index (χ3v) is 5.60. The molecule has 0 N–H and O–H groups in total. The summed E-state index contributed by atoms with van der Waals surface area (Å²) in [6, 6.07) is 3.97. The van der Waals surface area contributed by atoms with Crippen LogP contribution < -0.4 is 9.47 Å². The van der Waals surface area contributed by atoms with Crippen LogP contribution in [0, 0.1) is 19.9 Å². The molecule has 0 radical (unpaired) electrons. The largest absolute Gasteiger partial charge is 0.454 e. The molecule has 3 aromatic rings. The molecule has 0 saturated heterocycles. The van der Waals surface area contributed by atoms with Crippen molar-refractivity contribution in [3.63, 3.8) is 0 Å². The van der Waals surface area contributed by atoms with Crippen LogP contribution >= 0.6 is 0 Å². The fourth-order valence-corrected chi connectivity index (χ4v) is 3.85. The van der Waals surface area contributed by atoms with Gasteiger partial charge in [-0.2, -0.15) is 9.37 Å². The van der Waals surface area contributed by atoms with Crippen LogP contribution in [-0.4, -0.2) is 39.5 Å². The molecule has 0 atom stereocenters. The van der Waals surface area contributed by atoms with Crippen LogP contribution in [0.4, 0.5) is 4.39 Å². The molecule has 1 aromatic carbocycles. The first-order valence-electron chi connectivity index (χ1n) is 11.9. The van der Waals surface area contributed by atoms with E-state index in [-0.39, 0.29) is 6.79 Å². The van der Waals surface area contributed by atoms with Crippen molar-refractivity contribution in [1.29, 1.82) is 0 Å². The highest BCUT2D eigenvalue weighted by molar-refractivity contribution is 5.74. The van der Waals surface area contributed by atoms with Crippen molar-refractivity contribution in [2.45, 2.75) is 73.3 Å². The van der Waals surface area contributed by atoms with Gasteiger partial charge in [-0.25, -0.2) is 9.97 Å². The molecule has 1 aliphatic rings. The maximum Gasteiger partial charge on any atom is 0.310 e. The molecule has 0 aliphatic carbocycles. The molecular weight excluding hydrogens is 423 g/mol. The Kier molecular flexibility index (Phi) is 9.00. The van der Waals surface area contributed by atoms with Gasteiger partial charge in [-0.3, -0.25) is 0 Å². The number of hydrogen-bond donors (Lipinski definition) is 0. The van der Waals surface area contributed by atoms with Crippen LogP contribution in [0.5, 0.6) is 11.5 Å². The summed E-state index contributed by atoms with van der Waals surface area (Å²) >= 11 is 0. The summed E-state index contributed by atoms with van der Waals surface area (Å²) in [6.07, 6.45) is 4.49. The lowest BCUT2D eigenvalue weighted by atomic mass is 10.0. The van der Waals surface area contributed by atoms with Gasteiger partial charge in [0.25, 0.3) is 0 Å². The van der Waals surface area contributed by atoms with E-state index in [1.165, 1.54) is 19.3 Å². The lowest BCUT2D eigenvalue weighted by molar-refractivity contribution is 0.122. The first-order chi connectivity index (χ1) is 16.1. The van der Waals surface area contributed by atoms with Crippen molar-refractivity contribution < 1.29 is 18.6 Å². The Balaban J connectivity index is 0.00000149. The average Bonchev–Trinajstić information content (AvgIpc) is 3.39. The first kappa shape index (κ1) is 24.9. The van der Waals surface area contributed by atoms with Gasteiger partial charge < -0.3 is 18.8 Å². The molecule has 0 unspecified atom stereocenters. The zero-order valence-corrected chi connectivity index (χ0v) is 20.4. The third kappa shape index (κ3) is 5.99. The summed E-state index contributed by atoms with van der Waals surface area (Å²) in [5, 5.41) is 0. The van der Waals surface area contributed by atoms with Gasteiger partial charge in [0, 0.05) is 19.6 Å². The monoisotopic (exact) mass is 458 g/mol. The van der Waals surface area contributed by atoms with E-state index in [0.717, 1.165) is 41.5 Å². The molecule has 0 fully saturated rings. The zero-order chi connectivity index (χ0) is 23.8. The van der Waals surface area contributed by atoms with Gasteiger partial charge >= 0.3 is 6.08 Å². The summed E-state index contributed by atoms with van der Waals surface area (Å²) in [5.41, 5.74) is 3.83. The van der Waals surface area contributed by atoms with Gasteiger partial charge in [0.2, 0.25) is 6.79 Å². The smallest absolute Gasteiger partial charge is 0.310 e. The van der Waals surface area contributed by atoms with Crippen LogP contribution in [0.3, 0.4) is 0 Å². The molecule has 0 amide bonds. The Morgan fingerprint density at radius 1 is 1.00 bits per heavy atom. The van der Waals surface area contributed by atoms with E-state index in [2.05, 4.69) is 16.9 Å². The predicted octanol–water partition coefficient (Wildman–Crippen LogP) is 5.52. The molecule has 3 heterocycles. The Hall–Kier alpha value is -2.74. The van der Waals surface area contributed by atoms with Crippen molar-refractivity contribution in [2.75, 3.05) is 20.0 Å². The molecule has 0 bridgehead atoms. The summed E-state index contributed by atoms with van der Waals surface area (Å²) in [6.45, 7) is 12.0. The molecule has 4 rings (SSSR count). The van der Waals surface area contributed by atoms with Crippen molar-refractivity contribution >= 4 is 11.2 Å². The summed E-state index contributed by atoms with van der Waals surface area (Å²) in [5.74, 6) is 2.30. The molecule has 2 aromatic heterocycles. The highest BCUT2D eigenvalue weighted by atomic mass is 19.1. The Morgan fingerprint density at radius 2 is 1.76 bits per heavy atom. The van der Waals surface area contributed by atoms with Gasteiger partial charge in [-0.15, -0.1) is 0 Å². The maximum atomic E-state index is 14.0. The number of benzene rings is 1. The number of ether oxygens (including phenoxy) is 3. The number of unbranched alkanes of at least 4 members (excludes halogenated alkanes) is 3. The minimum absolute atomic E-state index is 0.237. The fraction of sp³-hybridized carbons (Fsp3) is 0.560. The standard InChI is InChI=1S/C23H29FN4O3.C2H6/c1-4-5-6-7-9-29-10-8-28-20(26-21-16(3)25-23(24)27-22(21)28)13-17-12-19-18(11-15(17)2)30-14-31-19;1-2/h11-12H,4-10,13-14H2,1-3H3;1-2H3. The number of imidazole rings is 1. The zero-order valence-electron chi connectivity index (χ0n) is 20.4. The number of halogens is 1. The number of rotatable bonds is 10. The average molecular weight is 459 g/mol. The van der Waals surface area contributed by atoms with Gasteiger partial charge in [0.1, 0.15) is 11.3 Å². The highest BCUT2D eigenvalue weighted by Gasteiger charge is 2.20. The summed E-state index contributed by atoms with van der Waals surface area (Å²) in [7, 11) is 0. The molecular formula is C25H35FN4O3. The van der Waals surface area contributed by atoms with Gasteiger partial charge in [0.15, 0.2) is 17.1 Å². The lowest BCUT2D eigenvalue weighted by Crippen LogP contribution is -2.12. The van der Waals surface area contributed by atoms with Crippen LogP contribution in [0.25, 0.3) is 11.2 Å². The lowest BCUT2D eigenvalue weighted by Gasteiger charge is -2.11. The molecule has 7 nitrogen and oxygen atoms in total. The third-order valence-electron chi connectivity index (χ3n) is 5.60. The Bertz CT molecular complexity index is 1070. The predicted molar refractivity (Wildman–Crippen MR) is 126 cm³/mol. The second-order valence-electron chi connectivity index (χ2n) is 7.91. The number of nitrogens with zero attached hydrogens (tertiary/aromatic N) is 4. The van der Waals surface area contributed by atoms with E-state index < -0.39 is 6.08 Å². The quantitative estimate of drug-likeness (QED) is 0.294. The summed E-state index contributed by atoms with van der Waals surface area (Å²) < 4.78 is 32.7. The minimum Gasteiger partial charge on any atom is -0.454 e. The number of fused-ring (bicyclic) bond motifs is 2. The van der Waals surface area contributed by atoms with E-state index in [1.807, 2.05) is 37.5 Å². The molecule has 0 spiro atoms. The number of aryl methyl sites for hydroxylation is 2. The molecule has 180 valence electrons. The van der Waals surface area contributed by atoms with Gasteiger partial charge in [0.05, 0.1) is 12.3 Å². The number of aromatic nitrogens is 4. The van der Waals surface area contributed by atoms with Crippen molar-refractivity contribution in [1.82, 2.24) is 19.5 Å². The Labute approximate surface area is 195 Å². The molecule has 1 aliphatic heterocycles. The van der Waals surface area contributed by atoms with Crippen molar-refractivity contribution in [2.24, 2.45) is 0 Å². The second-order valence-corrected chi connectivity index (χ2v) is 7.91. The van der Waals surface area contributed by atoms with E-state index in [4.69, 9.17) is 19.2 Å². The summed E-state index contributed by atoms with van der Waals surface area (Å²) in [4.78, 5) is 12.7. The SMILES string of the molecule is CC.CCCCCCOCCn1c(Cc2cc3c(cc2C)OCO3)nc2c(C)nc(F)nc21. The molecule has 33 heavy (non-hydrogen) atoms. The maximum absolute atomic E-state index is 14.0. The fourth-order valence-electron chi connectivity index (χ4n) is 3.85. The topological polar surface area (TPSA) is 71.3 Å². The van der Waals surface area contributed by atoms with Crippen LogP contribution in [0.1, 0.15) is 69.1 Å².